The summed E-state index contributed by atoms with van der Waals surface area (Å²) in [6.07, 6.45) is 0.305. The molecule has 2 rings (SSSR count). The van der Waals surface area contributed by atoms with Crippen LogP contribution in [0.1, 0.15) is 32.9 Å². The molecule has 0 radical (unpaired) electrons. The first-order valence-corrected chi connectivity index (χ1v) is 7.19. The summed E-state index contributed by atoms with van der Waals surface area (Å²) in [5.41, 5.74) is 8.54. The lowest BCUT2D eigenvalue weighted by Crippen LogP contribution is -2.38. The quantitative estimate of drug-likeness (QED) is 0.909. The molecular weight excluding hydrogens is 262 g/mol. The summed E-state index contributed by atoms with van der Waals surface area (Å²) in [5, 5.41) is 3.91. The lowest BCUT2D eigenvalue weighted by molar-refractivity contribution is -0.117. The van der Waals surface area contributed by atoms with Crippen molar-refractivity contribution in [1.29, 1.82) is 0 Å². The number of pyridine rings is 1. The van der Waals surface area contributed by atoms with Crippen molar-refractivity contribution in [2.75, 3.05) is 5.32 Å². The van der Waals surface area contributed by atoms with E-state index in [9.17, 15) is 4.79 Å². The van der Waals surface area contributed by atoms with Crippen LogP contribution in [0.4, 0.5) is 5.69 Å². The number of carbonyl (C=O) groups is 1. The Bertz CT molecular complexity index is 659. The maximum atomic E-state index is 12.2. The molecule has 0 aliphatic heterocycles. The zero-order valence-electron chi connectivity index (χ0n) is 13.1. The fourth-order valence-electron chi connectivity index (χ4n) is 2.12. The third kappa shape index (κ3) is 3.79. The molecule has 0 spiro atoms. The smallest absolute Gasteiger partial charge is 0.225 e. The Balaban J connectivity index is 2.22. The molecule has 1 aromatic carbocycles. The topological polar surface area (TPSA) is 68.0 Å². The van der Waals surface area contributed by atoms with Gasteiger partial charge in [-0.15, -0.1) is 0 Å². The number of hydrogen-bond acceptors (Lipinski definition) is 3. The van der Waals surface area contributed by atoms with E-state index in [-0.39, 0.29) is 17.4 Å². The molecular formula is C17H23N3O. The molecule has 4 heteroatoms. The predicted molar refractivity (Wildman–Crippen MR) is 87.2 cm³/mol. The van der Waals surface area contributed by atoms with Gasteiger partial charge >= 0.3 is 0 Å². The Morgan fingerprint density at radius 2 is 2.00 bits per heavy atom. The fourth-order valence-corrected chi connectivity index (χ4v) is 2.12. The number of nitrogens with zero attached hydrogens (tertiary/aromatic N) is 1. The minimum atomic E-state index is -0.174. The van der Waals surface area contributed by atoms with Crippen LogP contribution >= 0.6 is 0 Å². The molecule has 4 nitrogen and oxygen atoms in total. The maximum Gasteiger partial charge on any atom is 0.225 e. The van der Waals surface area contributed by atoms with E-state index in [2.05, 4.69) is 10.3 Å². The van der Waals surface area contributed by atoms with E-state index >= 15 is 0 Å². The van der Waals surface area contributed by atoms with Gasteiger partial charge in [0, 0.05) is 23.5 Å². The van der Waals surface area contributed by atoms with Crippen molar-refractivity contribution in [3.8, 4) is 0 Å². The van der Waals surface area contributed by atoms with Crippen LogP contribution in [0, 0.1) is 12.3 Å². The van der Waals surface area contributed by atoms with Gasteiger partial charge in [0.25, 0.3) is 0 Å². The van der Waals surface area contributed by atoms with Crippen molar-refractivity contribution in [3.05, 3.63) is 36.0 Å². The molecule has 0 bridgehead atoms. The highest BCUT2D eigenvalue weighted by molar-refractivity contribution is 6.01. The molecule has 1 unspecified atom stereocenters. The average Bonchev–Trinajstić information content (AvgIpc) is 2.37. The molecule has 0 fully saturated rings. The van der Waals surface area contributed by atoms with Gasteiger partial charge in [0.05, 0.1) is 11.2 Å². The Hall–Kier alpha value is -1.94. The van der Waals surface area contributed by atoms with E-state index in [4.69, 9.17) is 5.73 Å². The van der Waals surface area contributed by atoms with Crippen LogP contribution in [0.25, 0.3) is 10.9 Å². The average molecular weight is 285 g/mol. The minimum absolute atomic E-state index is 0.0619. The first kappa shape index (κ1) is 15.4. The van der Waals surface area contributed by atoms with Gasteiger partial charge in [-0.05, 0) is 24.5 Å². The van der Waals surface area contributed by atoms with Gasteiger partial charge < -0.3 is 11.1 Å². The van der Waals surface area contributed by atoms with Crippen LogP contribution in [0.15, 0.2) is 30.3 Å². The molecule has 1 heterocycles. The summed E-state index contributed by atoms with van der Waals surface area (Å²) < 4.78 is 0. The number of rotatable bonds is 3. The van der Waals surface area contributed by atoms with Crippen LogP contribution < -0.4 is 11.1 Å². The lowest BCUT2D eigenvalue weighted by Gasteiger charge is -2.26. The van der Waals surface area contributed by atoms with Crippen molar-refractivity contribution >= 4 is 22.5 Å². The molecule has 1 amide bonds. The van der Waals surface area contributed by atoms with E-state index in [0.29, 0.717) is 6.42 Å². The summed E-state index contributed by atoms with van der Waals surface area (Å²) in [7, 11) is 0. The van der Waals surface area contributed by atoms with Gasteiger partial charge in [-0.1, -0.05) is 39.0 Å². The first-order chi connectivity index (χ1) is 9.77. The van der Waals surface area contributed by atoms with Crippen LogP contribution in [-0.2, 0) is 4.79 Å². The Labute approximate surface area is 125 Å². The monoisotopic (exact) mass is 285 g/mol. The van der Waals surface area contributed by atoms with Gasteiger partial charge in [-0.25, -0.2) is 0 Å². The molecule has 21 heavy (non-hydrogen) atoms. The summed E-state index contributed by atoms with van der Waals surface area (Å²) in [6.45, 7) is 8.04. The van der Waals surface area contributed by atoms with Crippen LogP contribution in [-0.4, -0.2) is 16.9 Å². The number of anilines is 1. The Morgan fingerprint density at radius 3 is 2.67 bits per heavy atom. The molecule has 3 N–H and O–H groups in total. The molecule has 0 aliphatic carbocycles. The number of fused-ring (bicyclic) bond motifs is 1. The summed E-state index contributed by atoms with van der Waals surface area (Å²) >= 11 is 0. The van der Waals surface area contributed by atoms with Crippen molar-refractivity contribution < 1.29 is 4.79 Å². The minimum Gasteiger partial charge on any atom is -0.327 e. The molecule has 112 valence electrons. The third-order valence-electron chi connectivity index (χ3n) is 3.64. The van der Waals surface area contributed by atoms with E-state index in [0.717, 1.165) is 22.3 Å². The van der Waals surface area contributed by atoms with E-state index in [1.54, 1.807) is 0 Å². The second kappa shape index (κ2) is 5.82. The van der Waals surface area contributed by atoms with Crippen molar-refractivity contribution in [3.63, 3.8) is 0 Å². The number of aromatic nitrogens is 1. The number of amides is 1. The number of nitrogens with one attached hydrogen (secondary N) is 1. The maximum absolute atomic E-state index is 12.2. The highest BCUT2D eigenvalue weighted by Gasteiger charge is 2.23. The van der Waals surface area contributed by atoms with E-state index in [1.807, 2.05) is 58.0 Å². The summed E-state index contributed by atoms with van der Waals surface area (Å²) in [5.74, 6) is -0.0619. The Kier molecular flexibility index (Phi) is 4.28. The fraction of sp³-hybridized carbons (Fsp3) is 0.412. The second-order valence-electron chi connectivity index (χ2n) is 6.55. The van der Waals surface area contributed by atoms with Gasteiger partial charge in [0.2, 0.25) is 5.91 Å². The van der Waals surface area contributed by atoms with Gasteiger partial charge in [-0.3, -0.25) is 9.78 Å². The van der Waals surface area contributed by atoms with E-state index < -0.39 is 0 Å². The van der Waals surface area contributed by atoms with Gasteiger partial charge in [0.15, 0.2) is 0 Å². The summed E-state index contributed by atoms with van der Waals surface area (Å²) in [4.78, 5) is 16.7. The number of benzene rings is 1. The zero-order valence-corrected chi connectivity index (χ0v) is 13.1. The zero-order chi connectivity index (χ0) is 15.6. The lowest BCUT2D eigenvalue weighted by atomic mass is 9.85. The molecule has 2 aromatic rings. The number of carbonyl (C=O) groups excluding carboxylic acids is 1. The number of nitrogens with two attached hydrogens (primary N) is 1. The molecule has 0 saturated heterocycles. The highest BCUT2D eigenvalue weighted by atomic mass is 16.1. The summed E-state index contributed by atoms with van der Waals surface area (Å²) in [6, 6.07) is 9.50. The molecule has 1 aromatic heterocycles. The van der Waals surface area contributed by atoms with Gasteiger partial charge in [0.1, 0.15) is 0 Å². The SMILES string of the molecule is Cc1cc(NC(=O)CC(N)C(C)(C)C)c2ccccc2n1. The standard InChI is InChI=1S/C17H23N3O/c1-11-9-14(12-7-5-6-8-13(12)19-11)20-16(21)10-15(18)17(2,3)4/h5-9,15H,10,18H2,1-4H3,(H,19,20,21). The van der Waals surface area contributed by atoms with Crippen molar-refractivity contribution in [2.24, 2.45) is 11.1 Å². The van der Waals surface area contributed by atoms with E-state index in [1.165, 1.54) is 0 Å². The number of aryl methyl sites for hydroxylation is 1. The molecule has 0 aliphatic rings. The first-order valence-electron chi connectivity index (χ1n) is 7.19. The largest absolute Gasteiger partial charge is 0.327 e. The normalized spacial score (nSPS) is 13.2. The molecule has 0 saturated carbocycles. The third-order valence-corrected chi connectivity index (χ3v) is 3.64. The number of para-hydroxylation sites is 1. The van der Waals surface area contributed by atoms with Crippen molar-refractivity contribution in [1.82, 2.24) is 4.98 Å². The molecule has 1 atom stereocenters. The van der Waals surface area contributed by atoms with Crippen LogP contribution in [0.3, 0.4) is 0 Å². The predicted octanol–water partition coefficient (Wildman–Crippen LogP) is 3.25. The number of hydrogen-bond donors (Lipinski definition) is 2. The van der Waals surface area contributed by atoms with Crippen molar-refractivity contribution in [2.45, 2.75) is 40.2 Å². The van der Waals surface area contributed by atoms with Crippen LogP contribution in [0.2, 0.25) is 0 Å². The Morgan fingerprint density at radius 1 is 1.33 bits per heavy atom. The highest BCUT2D eigenvalue weighted by Crippen LogP contribution is 2.24. The van der Waals surface area contributed by atoms with Crippen LogP contribution in [0.5, 0.6) is 0 Å². The van der Waals surface area contributed by atoms with Gasteiger partial charge in [-0.2, -0.15) is 0 Å². The second-order valence-corrected chi connectivity index (χ2v) is 6.55.